The fraction of sp³-hybridized carbons (Fsp3) is 0.357. The average molecular weight is 280 g/mol. The molecule has 3 rings (SSSR count). The molecule has 19 heavy (non-hydrogen) atoms. The lowest BCUT2D eigenvalue weighted by Crippen LogP contribution is -2.22. The lowest BCUT2D eigenvalue weighted by atomic mass is 10.1. The molecule has 1 saturated heterocycles. The van der Waals surface area contributed by atoms with Crippen molar-refractivity contribution >= 4 is 29.0 Å². The zero-order chi connectivity index (χ0) is 12.4. The van der Waals surface area contributed by atoms with E-state index in [1.807, 2.05) is 24.4 Å². The summed E-state index contributed by atoms with van der Waals surface area (Å²) < 4.78 is 5.23. The Kier molecular flexibility index (Phi) is 4.45. The Labute approximate surface area is 119 Å². The third-order valence-electron chi connectivity index (χ3n) is 3.37. The quantitative estimate of drug-likeness (QED) is 0.906. The van der Waals surface area contributed by atoms with E-state index in [1.165, 1.54) is 6.42 Å². The number of nitrogens with one attached hydrogen (secondary N) is 2. The van der Waals surface area contributed by atoms with Crippen LogP contribution < -0.4 is 15.4 Å². The highest BCUT2D eigenvalue weighted by molar-refractivity contribution is 5.91. The molecule has 1 unspecified atom stereocenters. The normalized spacial score (nSPS) is 18.1. The molecule has 0 amide bonds. The second kappa shape index (κ2) is 6.08. The Morgan fingerprint density at radius 2 is 2.26 bits per heavy atom. The van der Waals surface area contributed by atoms with Crippen LogP contribution in [0.25, 0.3) is 10.9 Å². The van der Waals surface area contributed by atoms with Gasteiger partial charge in [0.05, 0.1) is 12.6 Å². The second-order valence-electron chi connectivity index (χ2n) is 4.58. The summed E-state index contributed by atoms with van der Waals surface area (Å²) in [5.74, 6) is 0.842. The minimum Gasteiger partial charge on any atom is -0.497 e. The highest BCUT2D eigenvalue weighted by Crippen LogP contribution is 2.26. The van der Waals surface area contributed by atoms with Crippen LogP contribution in [0.3, 0.4) is 0 Å². The van der Waals surface area contributed by atoms with Gasteiger partial charge in [-0.15, -0.1) is 12.4 Å². The number of nitrogens with zero attached hydrogens (tertiary/aromatic N) is 1. The number of anilines is 1. The molecule has 0 bridgehead atoms. The molecule has 0 aliphatic carbocycles. The van der Waals surface area contributed by atoms with E-state index in [-0.39, 0.29) is 12.4 Å². The summed E-state index contributed by atoms with van der Waals surface area (Å²) in [6.07, 6.45) is 3.01. The molecule has 0 spiro atoms. The van der Waals surface area contributed by atoms with Gasteiger partial charge in [-0.3, -0.25) is 4.98 Å². The highest BCUT2D eigenvalue weighted by atomic mass is 35.5. The molecule has 1 aromatic carbocycles. The van der Waals surface area contributed by atoms with Gasteiger partial charge >= 0.3 is 0 Å². The van der Waals surface area contributed by atoms with Crippen molar-refractivity contribution in [3.63, 3.8) is 0 Å². The van der Waals surface area contributed by atoms with Gasteiger partial charge in [0, 0.05) is 35.9 Å². The van der Waals surface area contributed by atoms with E-state index >= 15 is 0 Å². The number of ether oxygens (including phenoxy) is 1. The van der Waals surface area contributed by atoms with E-state index < -0.39 is 0 Å². The summed E-state index contributed by atoms with van der Waals surface area (Å²) in [6.45, 7) is 2.12. The van der Waals surface area contributed by atoms with E-state index in [4.69, 9.17) is 4.74 Å². The molecule has 0 saturated carbocycles. The molecule has 1 aliphatic heterocycles. The summed E-state index contributed by atoms with van der Waals surface area (Å²) in [7, 11) is 1.67. The van der Waals surface area contributed by atoms with Crippen LogP contribution in [0, 0.1) is 0 Å². The van der Waals surface area contributed by atoms with Gasteiger partial charge in [0.25, 0.3) is 0 Å². The monoisotopic (exact) mass is 279 g/mol. The van der Waals surface area contributed by atoms with Crippen LogP contribution in [0.1, 0.15) is 6.42 Å². The zero-order valence-electron chi connectivity index (χ0n) is 10.8. The molecule has 2 N–H and O–H groups in total. The molecule has 1 atom stereocenters. The van der Waals surface area contributed by atoms with Crippen molar-refractivity contribution in [3.05, 3.63) is 30.5 Å². The maximum atomic E-state index is 5.23. The van der Waals surface area contributed by atoms with Crippen LogP contribution in [0.5, 0.6) is 5.75 Å². The summed E-state index contributed by atoms with van der Waals surface area (Å²) >= 11 is 0. The predicted octanol–water partition coefficient (Wildman–Crippen LogP) is 2.44. The van der Waals surface area contributed by atoms with E-state index in [9.17, 15) is 0 Å². The van der Waals surface area contributed by atoms with Crippen molar-refractivity contribution in [3.8, 4) is 5.75 Å². The zero-order valence-corrected chi connectivity index (χ0v) is 11.7. The molecule has 5 heteroatoms. The van der Waals surface area contributed by atoms with E-state index in [2.05, 4.69) is 21.7 Å². The Morgan fingerprint density at radius 1 is 1.37 bits per heavy atom. The lowest BCUT2D eigenvalue weighted by molar-refractivity contribution is 0.415. The number of aromatic nitrogens is 1. The van der Waals surface area contributed by atoms with Crippen LogP contribution >= 0.6 is 12.4 Å². The maximum Gasteiger partial charge on any atom is 0.121 e. The van der Waals surface area contributed by atoms with Gasteiger partial charge in [-0.1, -0.05) is 0 Å². The van der Waals surface area contributed by atoms with Crippen molar-refractivity contribution in [2.75, 3.05) is 25.5 Å². The minimum absolute atomic E-state index is 0. The number of fused-ring (bicyclic) bond motifs is 1. The standard InChI is InChI=1S/C14H17N3O.ClH/c1-18-11-2-3-12-13(5-7-16-14(12)8-11)17-10-4-6-15-9-10;/h2-3,5,7-8,10,15H,4,6,9H2,1H3,(H,16,17);1H. The van der Waals surface area contributed by atoms with Crippen LogP contribution in [0.4, 0.5) is 5.69 Å². The largest absolute Gasteiger partial charge is 0.497 e. The number of hydrogen-bond acceptors (Lipinski definition) is 4. The summed E-state index contributed by atoms with van der Waals surface area (Å²) in [6, 6.07) is 8.55. The first-order chi connectivity index (χ1) is 8.86. The number of halogens is 1. The maximum absolute atomic E-state index is 5.23. The van der Waals surface area contributed by atoms with Crippen LogP contribution in [0.2, 0.25) is 0 Å². The van der Waals surface area contributed by atoms with Crippen molar-refractivity contribution in [2.24, 2.45) is 0 Å². The summed E-state index contributed by atoms with van der Waals surface area (Å²) in [5, 5.41) is 8.08. The van der Waals surface area contributed by atoms with Crippen molar-refractivity contribution in [1.82, 2.24) is 10.3 Å². The Morgan fingerprint density at radius 3 is 3.00 bits per heavy atom. The number of methoxy groups -OCH3 is 1. The molecular weight excluding hydrogens is 262 g/mol. The van der Waals surface area contributed by atoms with Gasteiger partial charge in [0.1, 0.15) is 5.75 Å². The molecule has 4 nitrogen and oxygen atoms in total. The lowest BCUT2D eigenvalue weighted by Gasteiger charge is -2.15. The van der Waals surface area contributed by atoms with E-state index in [0.717, 1.165) is 35.4 Å². The van der Waals surface area contributed by atoms with Crippen molar-refractivity contribution in [1.29, 1.82) is 0 Å². The van der Waals surface area contributed by atoms with E-state index in [1.54, 1.807) is 7.11 Å². The molecule has 1 aliphatic rings. The first kappa shape index (κ1) is 13.9. The van der Waals surface area contributed by atoms with Gasteiger partial charge in [-0.25, -0.2) is 0 Å². The molecule has 1 aromatic heterocycles. The first-order valence-corrected chi connectivity index (χ1v) is 6.27. The van der Waals surface area contributed by atoms with Crippen LogP contribution in [0.15, 0.2) is 30.5 Å². The predicted molar refractivity (Wildman–Crippen MR) is 80.4 cm³/mol. The highest BCUT2D eigenvalue weighted by Gasteiger charge is 2.15. The van der Waals surface area contributed by atoms with Gasteiger partial charge in [0.15, 0.2) is 0 Å². The van der Waals surface area contributed by atoms with Crippen LogP contribution in [-0.2, 0) is 0 Å². The Balaban J connectivity index is 0.00000133. The molecule has 0 radical (unpaired) electrons. The molecular formula is C14H18ClN3O. The second-order valence-corrected chi connectivity index (χ2v) is 4.58. The molecule has 2 aromatic rings. The number of benzene rings is 1. The molecule has 2 heterocycles. The first-order valence-electron chi connectivity index (χ1n) is 6.27. The van der Waals surface area contributed by atoms with Crippen LogP contribution in [-0.4, -0.2) is 31.2 Å². The number of rotatable bonds is 3. The third-order valence-corrected chi connectivity index (χ3v) is 3.37. The Hall–Kier alpha value is -1.52. The van der Waals surface area contributed by atoms with Gasteiger partial charge in [-0.2, -0.15) is 0 Å². The molecule has 1 fully saturated rings. The average Bonchev–Trinajstić information content (AvgIpc) is 2.91. The van der Waals surface area contributed by atoms with Crippen molar-refractivity contribution in [2.45, 2.75) is 12.5 Å². The minimum atomic E-state index is 0. The summed E-state index contributed by atoms with van der Waals surface area (Å²) in [4.78, 5) is 4.39. The fourth-order valence-electron chi connectivity index (χ4n) is 2.38. The van der Waals surface area contributed by atoms with Gasteiger partial charge < -0.3 is 15.4 Å². The number of hydrogen-bond donors (Lipinski definition) is 2. The summed E-state index contributed by atoms with van der Waals surface area (Å²) in [5.41, 5.74) is 2.11. The number of pyridine rings is 1. The SMILES string of the molecule is COc1ccc2c(NC3CCNC3)ccnc2c1.Cl. The molecule has 102 valence electrons. The topological polar surface area (TPSA) is 46.2 Å². The third kappa shape index (κ3) is 2.91. The smallest absolute Gasteiger partial charge is 0.121 e. The van der Waals surface area contributed by atoms with Gasteiger partial charge in [0.2, 0.25) is 0 Å². The van der Waals surface area contributed by atoms with E-state index in [0.29, 0.717) is 6.04 Å². The van der Waals surface area contributed by atoms with Crippen molar-refractivity contribution < 1.29 is 4.74 Å². The fourth-order valence-corrected chi connectivity index (χ4v) is 2.38. The Bertz CT molecular complexity index is 555. The van der Waals surface area contributed by atoms with Gasteiger partial charge in [-0.05, 0) is 31.2 Å².